The van der Waals surface area contributed by atoms with Gasteiger partial charge in [0.05, 0.1) is 12.4 Å². The van der Waals surface area contributed by atoms with E-state index >= 15 is 0 Å². The van der Waals surface area contributed by atoms with Crippen molar-refractivity contribution in [2.45, 2.75) is 46.3 Å². The second-order valence-electron chi connectivity index (χ2n) is 3.99. The number of aromatic nitrogens is 2. The minimum absolute atomic E-state index is 0.0879. The Morgan fingerprint density at radius 2 is 2.29 bits per heavy atom. The van der Waals surface area contributed by atoms with Crippen molar-refractivity contribution in [1.82, 2.24) is 15.1 Å². The van der Waals surface area contributed by atoms with Gasteiger partial charge in [-0.1, -0.05) is 13.8 Å². The summed E-state index contributed by atoms with van der Waals surface area (Å²) in [5, 5.41) is 6.93. The molecule has 0 spiro atoms. The highest BCUT2D eigenvalue weighted by Gasteiger charge is 2.14. The lowest BCUT2D eigenvalue weighted by Gasteiger charge is -2.12. The predicted octanol–water partition coefficient (Wildman–Crippen LogP) is 1.59. The van der Waals surface area contributed by atoms with Crippen molar-refractivity contribution in [1.29, 1.82) is 0 Å². The molecule has 0 radical (unpaired) electrons. The maximum atomic E-state index is 11.6. The van der Waals surface area contributed by atoms with Gasteiger partial charge in [0.25, 0.3) is 5.91 Å². The summed E-state index contributed by atoms with van der Waals surface area (Å²) in [5.74, 6) is 0.549. The summed E-state index contributed by atoms with van der Waals surface area (Å²) in [7, 11) is 0. The first-order valence-electron chi connectivity index (χ1n) is 6.14. The fraction of sp³-hybridized carbons (Fsp3) is 0.667. The van der Waals surface area contributed by atoms with Gasteiger partial charge in [-0.05, 0) is 19.8 Å². The van der Waals surface area contributed by atoms with Gasteiger partial charge in [0.15, 0.2) is 11.9 Å². The van der Waals surface area contributed by atoms with Gasteiger partial charge in [0.2, 0.25) is 0 Å². The van der Waals surface area contributed by atoms with Crippen LogP contribution >= 0.6 is 0 Å². The quantitative estimate of drug-likeness (QED) is 0.786. The summed E-state index contributed by atoms with van der Waals surface area (Å²) in [6, 6.07) is 0. The van der Waals surface area contributed by atoms with Crippen molar-refractivity contribution in [2.24, 2.45) is 0 Å². The molecule has 5 nitrogen and oxygen atoms in total. The zero-order valence-corrected chi connectivity index (χ0v) is 10.8. The van der Waals surface area contributed by atoms with E-state index in [0.717, 1.165) is 19.4 Å². The van der Waals surface area contributed by atoms with E-state index in [9.17, 15) is 4.79 Å². The number of carbonyl (C=O) groups is 1. The first kappa shape index (κ1) is 13.5. The molecule has 1 N–H and O–H groups in total. The van der Waals surface area contributed by atoms with E-state index in [-0.39, 0.29) is 5.91 Å². The number of ether oxygens (including phenoxy) is 1. The van der Waals surface area contributed by atoms with Crippen LogP contribution in [0, 0.1) is 0 Å². The smallest absolute Gasteiger partial charge is 0.260 e. The lowest BCUT2D eigenvalue weighted by molar-refractivity contribution is -0.127. The Balaban J connectivity index is 2.43. The van der Waals surface area contributed by atoms with E-state index in [2.05, 4.69) is 17.3 Å². The molecule has 1 atom stereocenters. The number of rotatable bonds is 7. The van der Waals surface area contributed by atoms with E-state index in [1.54, 1.807) is 13.1 Å². The van der Waals surface area contributed by atoms with E-state index in [0.29, 0.717) is 12.3 Å². The molecule has 0 fully saturated rings. The second kappa shape index (κ2) is 6.93. The maximum Gasteiger partial charge on any atom is 0.260 e. The van der Waals surface area contributed by atoms with Gasteiger partial charge in [0.1, 0.15) is 0 Å². The van der Waals surface area contributed by atoms with Crippen molar-refractivity contribution < 1.29 is 9.53 Å². The van der Waals surface area contributed by atoms with E-state index in [1.165, 1.54) is 0 Å². The third-order valence-electron chi connectivity index (χ3n) is 2.29. The molecular weight excluding hydrogens is 218 g/mol. The Morgan fingerprint density at radius 1 is 1.53 bits per heavy atom. The van der Waals surface area contributed by atoms with Gasteiger partial charge >= 0.3 is 0 Å². The standard InChI is InChI=1S/C12H21N3O2/c1-4-6-13-12(16)10(3)17-11-8-14-15(9-11)7-5-2/h8-10H,4-7H2,1-3H3,(H,13,16). The summed E-state index contributed by atoms with van der Waals surface area (Å²) in [6.45, 7) is 7.38. The van der Waals surface area contributed by atoms with E-state index in [1.807, 2.05) is 17.8 Å². The summed E-state index contributed by atoms with van der Waals surface area (Å²) in [6.07, 6.45) is 4.91. The van der Waals surface area contributed by atoms with Crippen LogP contribution < -0.4 is 10.1 Å². The van der Waals surface area contributed by atoms with Crippen LogP contribution in [0.2, 0.25) is 0 Å². The zero-order valence-electron chi connectivity index (χ0n) is 10.8. The monoisotopic (exact) mass is 239 g/mol. The Hall–Kier alpha value is -1.52. The molecule has 1 aromatic rings. The van der Waals surface area contributed by atoms with Crippen LogP contribution in [0.4, 0.5) is 0 Å². The minimum atomic E-state index is -0.485. The number of aryl methyl sites for hydroxylation is 1. The molecule has 0 aliphatic carbocycles. The second-order valence-corrected chi connectivity index (χ2v) is 3.99. The number of carbonyl (C=O) groups excluding carboxylic acids is 1. The van der Waals surface area contributed by atoms with Gasteiger partial charge in [-0.2, -0.15) is 5.10 Å². The molecule has 0 aliphatic heterocycles. The summed E-state index contributed by atoms with van der Waals surface area (Å²) in [4.78, 5) is 11.6. The molecule has 5 heteroatoms. The minimum Gasteiger partial charge on any atom is -0.478 e. The van der Waals surface area contributed by atoms with Crippen LogP contribution in [-0.4, -0.2) is 28.3 Å². The van der Waals surface area contributed by atoms with E-state index < -0.39 is 6.10 Å². The normalized spacial score (nSPS) is 12.2. The number of hydrogen-bond donors (Lipinski definition) is 1. The van der Waals surface area contributed by atoms with Gasteiger partial charge in [-0.15, -0.1) is 0 Å². The van der Waals surface area contributed by atoms with Crippen molar-refractivity contribution in [3.8, 4) is 5.75 Å². The molecule has 0 bridgehead atoms. The van der Waals surface area contributed by atoms with Crippen molar-refractivity contribution in [2.75, 3.05) is 6.54 Å². The van der Waals surface area contributed by atoms with Crippen LogP contribution in [0.15, 0.2) is 12.4 Å². The van der Waals surface area contributed by atoms with Crippen LogP contribution in [0.1, 0.15) is 33.6 Å². The maximum absolute atomic E-state index is 11.6. The third kappa shape index (κ3) is 4.46. The van der Waals surface area contributed by atoms with Gasteiger partial charge in [0, 0.05) is 13.1 Å². The Labute approximate surface area is 102 Å². The molecule has 1 rings (SSSR count). The van der Waals surface area contributed by atoms with Gasteiger partial charge in [-0.3, -0.25) is 9.48 Å². The first-order chi connectivity index (χ1) is 8.17. The number of nitrogens with one attached hydrogen (secondary N) is 1. The fourth-order valence-electron chi connectivity index (χ4n) is 1.41. The molecule has 1 aromatic heterocycles. The molecule has 0 saturated heterocycles. The SMILES string of the molecule is CCCNC(=O)C(C)Oc1cnn(CCC)c1. The number of nitrogens with zero attached hydrogens (tertiary/aromatic N) is 2. The molecular formula is C12H21N3O2. The van der Waals surface area contributed by atoms with Crippen molar-refractivity contribution in [3.05, 3.63) is 12.4 Å². The molecule has 0 aliphatic rings. The highest BCUT2D eigenvalue weighted by atomic mass is 16.5. The van der Waals surface area contributed by atoms with E-state index in [4.69, 9.17) is 4.74 Å². The largest absolute Gasteiger partial charge is 0.478 e. The Bertz CT molecular complexity index is 349. The highest BCUT2D eigenvalue weighted by molar-refractivity contribution is 5.80. The highest BCUT2D eigenvalue weighted by Crippen LogP contribution is 2.10. The first-order valence-corrected chi connectivity index (χ1v) is 6.14. The average molecular weight is 239 g/mol. The molecule has 0 aromatic carbocycles. The van der Waals surface area contributed by atoms with Crippen LogP contribution in [0.5, 0.6) is 5.75 Å². The Kier molecular flexibility index (Phi) is 5.52. The zero-order chi connectivity index (χ0) is 12.7. The number of amides is 1. The fourth-order valence-corrected chi connectivity index (χ4v) is 1.41. The number of hydrogen-bond acceptors (Lipinski definition) is 3. The van der Waals surface area contributed by atoms with Gasteiger partial charge in [-0.25, -0.2) is 0 Å². The topological polar surface area (TPSA) is 56.1 Å². The van der Waals surface area contributed by atoms with Crippen LogP contribution in [0.25, 0.3) is 0 Å². The Morgan fingerprint density at radius 3 is 2.94 bits per heavy atom. The molecule has 96 valence electrons. The molecule has 17 heavy (non-hydrogen) atoms. The van der Waals surface area contributed by atoms with Crippen molar-refractivity contribution >= 4 is 5.91 Å². The van der Waals surface area contributed by atoms with Crippen molar-refractivity contribution in [3.63, 3.8) is 0 Å². The average Bonchev–Trinajstić information content (AvgIpc) is 2.74. The predicted molar refractivity (Wildman–Crippen MR) is 65.9 cm³/mol. The molecule has 1 amide bonds. The van der Waals surface area contributed by atoms with Crippen LogP contribution in [-0.2, 0) is 11.3 Å². The lowest BCUT2D eigenvalue weighted by Crippen LogP contribution is -2.36. The summed E-state index contributed by atoms with van der Waals surface area (Å²) >= 11 is 0. The molecule has 0 saturated carbocycles. The summed E-state index contributed by atoms with van der Waals surface area (Å²) in [5.41, 5.74) is 0. The van der Waals surface area contributed by atoms with Crippen LogP contribution in [0.3, 0.4) is 0 Å². The third-order valence-corrected chi connectivity index (χ3v) is 2.29. The molecule has 1 heterocycles. The van der Waals surface area contributed by atoms with Gasteiger partial charge < -0.3 is 10.1 Å². The molecule has 1 unspecified atom stereocenters. The summed E-state index contributed by atoms with van der Waals surface area (Å²) < 4.78 is 7.32. The lowest BCUT2D eigenvalue weighted by atomic mass is 10.3.